The summed E-state index contributed by atoms with van der Waals surface area (Å²) < 4.78 is 0. The Labute approximate surface area is 121 Å². The van der Waals surface area contributed by atoms with Crippen molar-refractivity contribution in [2.45, 2.75) is 12.5 Å². The molecule has 5 heteroatoms. The van der Waals surface area contributed by atoms with Gasteiger partial charge in [-0.05, 0) is 22.8 Å². The highest BCUT2D eigenvalue weighted by Gasteiger charge is 2.38. The zero-order valence-corrected chi connectivity index (χ0v) is 11.2. The quantitative estimate of drug-likeness (QED) is 0.886. The molecule has 2 aliphatic carbocycles. The van der Waals surface area contributed by atoms with Gasteiger partial charge in [0, 0.05) is 12.0 Å². The van der Waals surface area contributed by atoms with Crippen LogP contribution in [0.25, 0.3) is 0 Å². The van der Waals surface area contributed by atoms with E-state index in [0.717, 1.165) is 23.3 Å². The zero-order chi connectivity index (χ0) is 14.4. The summed E-state index contributed by atoms with van der Waals surface area (Å²) in [6.45, 7) is -0.162. The Morgan fingerprint density at radius 2 is 2.10 bits per heavy atom. The number of aliphatic hydroxyl groups excluding tert-OH is 1. The van der Waals surface area contributed by atoms with Crippen molar-refractivity contribution in [3.05, 3.63) is 70.1 Å². The lowest BCUT2D eigenvalue weighted by atomic mass is 10.1. The van der Waals surface area contributed by atoms with Gasteiger partial charge in [0.2, 0.25) is 0 Å². The summed E-state index contributed by atoms with van der Waals surface area (Å²) >= 11 is 0. The molecule has 3 aliphatic rings. The van der Waals surface area contributed by atoms with Gasteiger partial charge in [-0.25, -0.2) is 0 Å². The number of nitrogens with zero attached hydrogens (tertiary/aromatic N) is 2. The third-order valence-corrected chi connectivity index (χ3v) is 3.90. The van der Waals surface area contributed by atoms with Gasteiger partial charge in [-0.1, -0.05) is 30.3 Å². The number of hydrogen-bond donors (Lipinski definition) is 2. The van der Waals surface area contributed by atoms with Crippen LogP contribution in [0.1, 0.15) is 18.0 Å². The van der Waals surface area contributed by atoms with Crippen molar-refractivity contribution in [2.75, 3.05) is 6.61 Å². The molecule has 5 nitrogen and oxygen atoms in total. The molecular weight excluding hydrogens is 266 g/mol. The molecule has 1 amide bonds. The third kappa shape index (κ3) is 1.94. The van der Waals surface area contributed by atoms with E-state index in [2.05, 4.69) is 15.5 Å². The van der Waals surface area contributed by atoms with E-state index in [0.29, 0.717) is 5.70 Å². The lowest BCUT2D eigenvalue weighted by molar-refractivity contribution is -0.118. The van der Waals surface area contributed by atoms with Gasteiger partial charge in [0.05, 0.1) is 18.3 Å². The SMILES string of the molecule is O=C(N[C@H](CO)c1ccccc1)C1=C2C=C3CC3=C2N=N1. The molecule has 21 heavy (non-hydrogen) atoms. The van der Waals surface area contributed by atoms with Gasteiger partial charge >= 0.3 is 0 Å². The minimum atomic E-state index is -0.442. The van der Waals surface area contributed by atoms with Gasteiger partial charge in [-0.2, -0.15) is 0 Å². The zero-order valence-electron chi connectivity index (χ0n) is 11.2. The summed E-state index contributed by atoms with van der Waals surface area (Å²) in [6.07, 6.45) is 2.95. The first-order chi connectivity index (χ1) is 10.3. The molecule has 4 rings (SSSR count). The molecule has 1 aliphatic heterocycles. The predicted octanol–water partition coefficient (Wildman–Crippen LogP) is 2.15. The maximum absolute atomic E-state index is 12.4. The van der Waals surface area contributed by atoms with Crippen molar-refractivity contribution in [1.82, 2.24) is 5.32 Å². The number of amides is 1. The Hall–Kier alpha value is -2.53. The number of benzene rings is 1. The Balaban J connectivity index is 1.57. The number of carbonyl (C=O) groups excluding carboxylic acids is 1. The number of carbonyl (C=O) groups is 1. The number of hydrogen-bond acceptors (Lipinski definition) is 4. The summed E-state index contributed by atoms with van der Waals surface area (Å²) in [5, 5.41) is 20.4. The van der Waals surface area contributed by atoms with Crippen LogP contribution in [0, 0.1) is 0 Å². The monoisotopic (exact) mass is 279 g/mol. The molecule has 0 saturated heterocycles. The van der Waals surface area contributed by atoms with Crippen molar-refractivity contribution < 1.29 is 9.90 Å². The van der Waals surface area contributed by atoms with Gasteiger partial charge in [0.1, 0.15) is 0 Å². The second kappa shape index (κ2) is 4.49. The molecule has 104 valence electrons. The molecule has 2 N–H and O–H groups in total. The lowest BCUT2D eigenvalue weighted by Gasteiger charge is -2.16. The average molecular weight is 279 g/mol. The van der Waals surface area contributed by atoms with Gasteiger partial charge in [-0.3, -0.25) is 4.79 Å². The molecular formula is C16H13N3O2. The maximum Gasteiger partial charge on any atom is 0.273 e. The number of aliphatic hydroxyl groups is 1. The van der Waals surface area contributed by atoms with Crippen LogP contribution in [0.3, 0.4) is 0 Å². The molecule has 1 fully saturated rings. The van der Waals surface area contributed by atoms with Gasteiger partial charge < -0.3 is 10.4 Å². The van der Waals surface area contributed by atoms with Crippen LogP contribution in [-0.4, -0.2) is 17.6 Å². The number of nitrogens with one attached hydrogen (secondary N) is 1. The largest absolute Gasteiger partial charge is 0.394 e. The average Bonchev–Trinajstić information content (AvgIpc) is 3.00. The fraction of sp³-hybridized carbons (Fsp3) is 0.188. The summed E-state index contributed by atoms with van der Waals surface area (Å²) in [5.41, 5.74) is 5.32. The van der Waals surface area contributed by atoms with Gasteiger partial charge in [0.25, 0.3) is 5.91 Å². The summed E-state index contributed by atoms with van der Waals surface area (Å²) in [7, 11) is 0. The second-order valence-corrected chi connectivity index (χ2v) is 5.26. The van der Waals surface area contributed by atoms with Crippen molar-refractivity contribution in [1.29, 1.82) is 0 Å². The lowest BCUT2D eigenvalue weighted by Crippen LogP contribution is -2.31. The highest BCUT2D eigenvalue weighted by molar-refractivity contribution is 5.97. The van der Waals surface area contributed by atoms with E-state index in [4.69, 9.17) is 0 Å². The minimum Gasteiger partial charge on any atom is -0.394 e. The Morgan fingerprint density at radius 1 is 1.29 bits per heavy atom. The summed E-state index contributed by atoms with van der Waals surface area (Å²) in [5.74, 6) is -0.301. The van der Waals surface area contributed by atoms with E-state index in [-0.39, 0.29) is 12.5 Å². The fourth-order valence-corrected chi connectivity index (χ4v) is 2.69. The molecule has 0 radical (unpaired) electrons. The van der Waals surface area contributed by atoms with Crippen molar-refractivity contribution in [3.63, 3.8) is 0 Å². The van der Waals surface area contributed by atoms with Crippen LogP contribution in [0.4, 0.5) is 0 Å². The third-order valence-electron chi connectivity index (χ3n) is 3.90. The van der Waals surface area contributed by atoms with Crippen LogP contribution >= 0.6 is 0 Å². The first kappa shape index (κ1) is 12.2. The molecule has 1 heterocycles. The topological polar surface area (TPSA) is 74.0 Å². The summed E-state index contributed by atoms with van der Waals surface area (Å²) in [4.78, 5) is 12.4. The van der Waals surface area contributed by atoms with Crippen molar-refractivity contribution in [3.8, 4) is 0 Å². The minimum absolute atomic E-state index is 0.162. The molecule has 0 spiro atoms. The molecule has 1 atom stereocenters. The molecule has 0 unspecified atom stereocenters. The van der Waals surface area contributed by atoms with Crippen molar-refractivity contribution in [2.24, 2.45) is 10.2 Å². The van der Waals surface area contributed by atoms with Gasteiger partial charge in [0.15, 0.2) is 5.70 Å². The Morgan fingerprint density at radius 3 is 2.86 bits per heavy atom. The van der Waals surface area contributed by atoms with Crippen LogP contribution in [0.5, 0.6) is 0 Å². The first-order valence-electron chi connectivity index (χ1n) is 6.85. The molecule has 0 bridgehead atoms. The fourth-order valence-electron chi connectivity index (χ4n) is 2.69. The molecule has 1 aromatic rings. The van der Waals surface area contributed by atoms with Gasteiger partial charge in [-0.15, -0.1) is 10.2 Å². The number of fused-ring (bicyclic) bond motifs is 2. The van der Waals surface area contributed by atoms with Crippen LogP contribution < -0.4 is 5.32 Å². The predicted molar refractivity (Wildman–Crippen MR) is 76.0 cm³/mol. The van der Waals surface area contributed by atoms with E-state index in [9.17, 15) is 9.90 Å². The Kier molecular flexibility index (Phi) is 2.62. The van der Waals surface area contributed by atoms with E-state index in [1.807, 2.05) is 36.4 Å². The van der Waals surface area contributed by atoms with E-state index >= 15 is 0 Å². The van der Waals surface area contributed by atoms with Crippen LogP contribution in [0.2, 0.25) is 0 Å². The van der Waals surface area contributed by atoms with Crippen LogP contribution in [-0.2, 0) is 4.79 Å². The van der Waals surface area contributed by atoms with E-state index in [1.54, 1.807) is 0 Å². The first-order valence-corrected chi connectivity index (χ1v) is 6.85. The van der Waals surface area contributed by atoms with E-state index < -0.39 is 6.04 Å². The maximum atomic E-state index is 12.4. The Bertz CT molecular complexity index is 757. The van der Waals surface area contributed by atoms with E-state index in [1.165, 1.54) is 11.1 Å². The summed E-state index contributed by atoms with van der Waals surface area (Å²) in [6, 6.07) is 8.94. The number of rotatable bonds is 4. The number of allylic oxidation sites excluding steroid dienone is 3. The molecule has 1 aromatic carbocycles. The number of azo groups is 1. The smallest absolute Gasteiger partial charge is 0.273 e. The highest BCUT2D eigenvalue weighted by Crippen LogP contribution is 2.51. The standard InChI is InChI=1S/C16H13N3O2/c20-8-13(9-4-2-1-3-5-9)17-16(21)15-12-7-10-6-11(10)14(12)18-19-15/h1-5,7,13,20H,6,8H2,(H,17,21)/t13-/m1/s1. The molecule has 1 saturated carbocycles. The van der Waals surface area contributed by atoms with Crippen molar-refractivity contribution >= 4 is 5.91 Å². The molecule has 0 aromatic heterocycles. The second-order valence-electron chi connectivity index (χ2n) is 5.26. The normalized spacial score (nSPS) is 19.4. The van der Waals surface area contributed by atoms with Crippen LogP contribution in [0.15, 0.2) is 74.7 Å². The highest BCUT2D eigenvalue weighted by atomic mass is 16.3.